The van der Waals surface area contributed by atoms with Crippen molar-refractivity contribution in [2.24, 2.45) is 10.9 Å². The molecule has 2 unspecified atom stereocenters. The van der Waals surface area contributed by atoms with Crippen molar-refractivity contribution in [2.75, 3.05) is 13.6 Å². The first-order valence-corrected chi connectivity index (χ1v) is 8.96. The van der Waals surface area contributed by atoms with E-state index < -0.39 is 12.2 Å². The Morgan fingerprint density at radius 2 is 1.93 bits per heavy atom. The van der Waals surface area contributed by atoms with Crippen molar-refractivity contribution in [2.45, 2.75) is 32.5 Å². The van der Waals surface area contributed by atoms with Crippen LogP contribution >= 0.6 is 0 Å². The van der Waals surface area contributed by atoms with E-state index in [4.69, 9.17) is 4.74 Å². The van der Waals surface area contributed by atoms with Crippen molar-refractivity contribution in [3.05, 3.63) is 41.8 Å². The second kappa shape index (κ2) is 6.37. The highest BCUT2D eigenvalue weighted by atomic mass is 19.1. The van der Waals surface area contributed by atoms with Gasteiger partial charge in [-0.3, -0.25) is 14.6 Å². The van der Waals surface area contributed by atoms with Crippen LogP contribution in [0.3, 0.4) is 0 Å². The summed E-state index contributed by atoms with van der Waals surface area (Å²) in [4.78, 5) is 34.5. The van der Waals surface area contributed by atoms with Crippen LogP contribution in [-0.2, 0) is 9.53 Å². The summed E-state index contributed by atoms with van der Waals surface area (Å²) in [5.74, 6) is 0.263. The van der Waals surface area contributed by atoms with Crippen molar-refractivity contribution in [1.82, 2.24) is 14.7 Å². The van der Waals surface area contributed by atoms with E-state index in [1.165, 1.54) is 21.9 Å². The highest BCUT2D eigenvalue weighted by molar-refractivity contribution is 6.04. The number of nitrogens with zero attached hydrogens (tertiary/aromatic N) is 4. The summed E-state index contributed by atoms with van der Waals surface area (Å²) in [5, 5.41) is 0. The van der Waals surface area contributed by atoms with Crippen LogP contribution in [0.2, 0.25) is 0 Å². The summed E-state index contributed by atoms with van der Waals surface area (Å²) >= 11 is 0. The van der Waals surface area contributed by atoms with Gasteiger partial charge in [0.05, 0.1) is 6.20 Å². The predicted octanol–water partition coefficient (Wildman–Crippen LogP) is 2.46. The number of benzene rings is 1. The van der Waals surface area contributed by atoms with E-state index in [1.54, 1.807) is 30.3 Å². The minimum Gasteiger partial charge on any atom is -0.423 e. The molecule has 3 aliphatic rings. The molecule has 0 radical (unpaired) electrons. The van der Waals surface area contributed by atoms with Gasteiger partial charge < -0.3 is 9.64 Å². The lowest BCUT2D eigenvalue weighted by Crippen LogP contribution is -2.64. The normalized spacial score (nSPS) is 24.1. The molecule has 8 heteroatoms. The molecule has 1 saturated heterocycles. The van der Waals surface area contributed by atoms with Crippen LogP contribution in [0.1, 0.15) is 25.8 Å². The smallest absolute Gasteiger partial charge is 0.328 e. The molecular weight excluding hydrogens is 351 g/mol. The third-order valence-corrected chi connectivity index (χ3v) is 5.01. The summed E-state index contributed by atoms with van der Waals surface area (Å²) in [5.41, 5.74) is 0.689. The molecule has 7 nitrogen and oxygen atoms in total. The average molecular weight is 372 g/mol. The van der Waals surface area contributed by atoms with Crippen molar-refractivity contribution in [1.29, 1.82) is 0 Å². The quantitative estimate of drug-likeness (QED) is 0.814. The van der Waals surface area contributed by atoms with Gasteiger partial charge in [0.2, 0.25) is 0 Å². The number of aliphatic imine (C=N–C) groups is 1. The number of imide groups is 1. The number of rotatable bonds is 4. The maximum Gasteiger partial charge on any atom is 0.328 e. The number of amidine groups is 1. The largest absolute Gasteiger partial charge is 0.423 e. The molecule has 1 aromatic carbocycles. The number of urea groups is 1. The first-order valence-electron chi connectivity index (χ1n) is 8.96. The molecule has 0 saturated carbocycles. The zero-order chi connectivity index (χ0) is 19.3. The molecule has 142 valence electrons. The summed E-state index contributed by atoms with van der Waals surface area (Å²) in [6.45, 7) is 4.48. The maximum absolute atomic E-state index is 13.1. The topological polar surface area (TPSA) is 65.5 Å². The second-order valence-corrected chi connectivity index (χ2v) is 7.35. The lowest BCUT2D eigenvalue weighted by molar-refractivity contribution is -0.136. The van der Waals surface area contributed by atoms with Crippen molar-refractivity contribution in [3.63, 3.8) is 0 Å². The van der Waals surface area contributed by atoms with Crippen LogP contribution < -0.4 is 0 Å². The number of likely N-dealkylation sites (N-methyl/N-ethyl adjacent to an activating group) is 1. The summed E-state index contributed by atoms with van der Waals surface area (Å²) in [6.07, 6.45) is 1.82. The fourth-order valence-corrected chi connectivity index (χ4v) is 3.42. The SMILES string of the molecule is CC(C)CCN1C(=O)C2C(N=C3OC(c4ccc(F)cc4)=CN32)N(C)C1=O. The monoisotopic (exact) mass is 372 g/mol. The molecule has 27 heavy (non-hydrogen) atoms. The van der Waals surface area contributed by atoms with E-state index in [0.29, 0.717) is 23.8 Å². The van der Waals surface area contributed by atoms with Crippen LogP contribution in [0, 0.1) is 11.7 Å². The third-order valence-electron chi connectivity index (χ3n) is 5.01. The van der Waals surface area contributed by atoms with Gasteiger partial charge in [0.15, 0.2) is 18.0 Å². The van der Waals surface area contributed by atoms with Crippen molar-refractivity contribution < 1.29 is 18.7 Å². The number of carbonyl (C=O) groups is 2. The van der Waals surface area contributed by atoms with Crippen molar-refractivity contribution >= 4 is 23.7 Å². The highest BCUT2D eigenvalue weighted by Crippen LogP contribution is 2.35. The zero-order valence-electron chi connectivity index (χ0n) is 15.4. The number of hydrogen-bond acceptors (Lipinski definition) is 5. The molecule has 0 spiro atoms. The highest BCUT2D eigenvalue weighted by Gasteiger charge is 2.54. The Labute approximate surface area is 156 Å². The van der Waals surface area contributed by atoms with E-state index in [1.807, 2.05) is 13.8 Å². The minimum absolute atomic E-state index is 0.275. The fourth-order valence-electron chi connectivity index (χ4n) is 3.42. The summed E-state index contributed by atoms with van der Waals surface area (Å²) in [6, 6.07) is 5.20. The van der Waals surface area contributed by atoms with E-state index in [0.717, 1.165) is 6.42 Å². The molecular formula is C19H21FN4O3. The van der Waals surface area contributed by atoms with Crippen LogP contribution in [0.15, 0.2) is 35.5 Å². The maximum atomic E-state index is 13.1. The lowest BCUT2D eigenvalue weighted by Gasteiger charge is -2.40. The Hall–Kier alpha value is -2.90. The van der Waals surface area contributed by atoms with Crippen LogP contribution in [0.25, 0.3) is 5.76 Å². The molecule has 3 aliphatic heterocycles. The standard InChI is InChI=1S/C19H21FN4O3/c1-11(2)8-9-23-17(25)15-16(22(3)19(23)26)21-18-24(15)10-14(27-18)12-4-6-13(20)7-5-12/h4-7,10-11,15-16H,8-9H2,1-3H3. The zero-order valence-corrected chi connectivity index (χ0v) is 15.4. The van der Waals surface area contributed by atoms with Crippen LogP contribution in [0.4, 0.5) is 9.18 Å². The summed E-state index contributed by atoms with van der Waals surface area (Å²) in [7, 11) is 1.64. The summed E-state index contributed by atoms with van der Waals surface area (Å²) < 4.78 is 18.9. The molecule has 4 rings (SSSR count). The van der Waals surface area contributed by atoms with E-state index in [2.05, 4.69) is 4.99 Å². The van der Waals surface area contributed by atoms with Gasteiger partial charge in [-0.25, -0.2) is 14.2 Å². The molecule has 2 atom stereocenters. The van der Waals surface area contributed by atoms with Crippen LogP contribution in [0.5, 0.6) is 0 Å². The fraction of sp³-hybridized carbons (Fsp3) is 0.421. The lowest BCUT2D eigenvalue weighted by atomic mass is 10.1. The van der Waals surface area contributed by atoms with E-state index in [9.17, 15) is 14.0 Å². The van der Waals surface area contributed by atoms with Gasteiger partial charge in [-0.2, -0.15) is 0 Å². The Morgan fingerprint density at radius 1 is 1.22 bits per heavy atom. The van der Waals surface area contributed by atoms with Gasteiger partial charge in [0, 0.05) is 19.2 Å². The van der Waals surface area contributed by atoms with Gasteiger partial charge >= 0.3 is 6.03 Å². The third kappa shape index (κ3) is 2.85. The van der Waals surface area contributed by atoms with Gasteiger partial charge in [0.25, 0.3) is 11.9 Å². The number of halogens is 1. The first kappa shape index (κ1) is 17.5. The molecule has 0 N–H and O–H groups in total. The number of amides is 3. The van der Waals surface area contributed by atoms with Crippen LogP contribution in [-0.4, -0.2) is 58.5 Å². The molecule has 0 aromatic heterocycles. The molecule has 0 aliphatic carbocycles. The van der Waals surface area contributed by atoms with E-state index >= 15 is 0 Å². The number of hydrogen-bond donors (Lipinski definition) is 0. The van der Waals surface area contributed by atoms with Gasteiger partial charge in [-0.1, -0.05) is 13.8 Å². The molecule has 1 fully saturated rings. The number of carbonyl (C=O) groups excluding carboxylic acids is 2. The Morgan fingerprint density at radius 3 is 2.59 bits per heavy atom. The number of fused-ring (bicyclic) bond motifs is 3. The number of ether oxygens (including phenoxy) is 1. The Bertz CT molecular complexity index is 849. The average Bonchev–Trinajstić information content (AvgIpc) is 3.18. The second-order valence-electron chi connectivity index (χ2n) is 7.35. The van der Waals surface area contributed by atoms with Gasteiger partial charge in [0.1, 0.15) is 5.82 Å². The molecule has 0 bridgehead atoms. The van der Waals surface area contributed by atoms with E-state index in [-0.39, 0.29) is 23.8 Å². The minimum atomic E-state index is -0.646. The van der Waals surface area contributed by atoms with Gasteiger partial charge in [-0.15, -0.1) is 0 Å². The molecule has 3 heterocycles. The van der Waals surface area contributed by atoms with Gasteiger partial charge in [-0.05, 0) is 36.6 Å². The Kier molecular flexibility index (Phi) is 4.13. The Balaban J connectivity index is 1.60. The molecule has 3 amide bonds. The molecule has 1 aromatic rings. The van der Waals surface area contributed by atoms with Crippen molar-refractivity contribution in [3.8, 4) is 0 Å². The predicted molar refractivity (Wildman–Crippen MR) is 96.6 cm³/mol. The first-order chi connectivity index (χ1) is 12.9.